The molecule has 0 aliphatic rings. The van der Waals surface area contributed by atoms with E-state index in [2.05, 4.69) is 15.3 Å². The van der Waals surface area contributed by atoms with Gasteiger partial charge in [-0.15, -0.1) is 0 Å². The molecular weight excluding hydrogens is 323 g/mol. The van der Waals surface area contributed by atoms with Crippen LogP contribution in [-0.4, -0.2) is 21.8 Å². The van der Waals surface area contributed by atoms with E-state index in [0.717, 1.165) is 6.07 Å². The number of nitrogens with one attached hydrogen (secondary N) is 1. The molecule has 0 atom stereocenters. The second-order valence-corrected chi connectivity index (χ2v) is 5.50. The van der Waals surface area contributed by atoms with Crippen molar-refractivity contribution in [1.82, 2.24) is 9.97 Å². The van der Waals surface area contributed by atoms with Crippen molar-refractivity contribution in [2.45, 2.75) is 19.8 Å². The van der Waals surface area contributed by atoms with Crippen molar-refractivity contribution >= 4 is 29.1 Å². The largest absolute Gasteiger partial charge is 0.366 e. The summed E-state index contributed by atoms with van der Waals surface area (Å²) in [6.45, 7) is 3.76. The molecule has 1 heterocycles. The van der Waals surface area contributed by atoms with Crippen molar-refractivity contribution in [3.8, 4) is 0 Å². The van der Waals surface area contributed by atoms with Crippen LogP contribution >= 0.6 is 11.6 Å². The maximum atomic E-state index is 13.7. The summed E-state index contributed by atoms with van der Waals surface area (Å²) in [5.74, 6) is -1.83. The van der Waals surface area contributed by atoms with E-state index in [0.29, 0.717) is 5.82 Å². The molecule has 6 nitrogen and oxygen atoms in total. The number of hydrogen-bond donors (Lipinski definition) is 2. The number of carbonyl (C=O) groups is 2. The summed E-state index contributed by atoms with van der Waals surface area (Å²) in [4.78, 5) is 31.4. The molecule has 1 aromatic heterocycles. The number of carbonyl (C=O) groups excluding carboxylic acids is 2. The third kappa shape index (κ3) is 3.81. The Morgan fingerprint density at radius 2 is 2.04 bits per heavy atom. The van der Waals surface area contributed by atoms with Crippen molar-refractivity contribution < 1.29 is 14.0 Å². The van der Waals surface area contributed by atoms with Crippen LogP contribution in [0.25, 0.3) is 0 Å². The highest BCUT2D eigenvalue weighted by atomic mass is 35.5. The Morgan fingerprint density at radius 3 is 2.61 bits per heavy atom. The van der Waals surface area contributed by atoms with Crippen molar-refractivity contribution in [2.24, 2.45) is 5.73 Å². The summed E-state index contributed by atoms with van der Waals surface area (Å²) in [6, 6.07) is 3.55. The topological polar surface area (TPSA) is 98.0 Å². The van der Waals surface area contributed by atoms with Gasteiger partial charge in [0.15, 0.2) is 5.69 Å². The van der Waals surface area contributed by atoms with Crippen molar-refractivity contribution in [3.05, 3.63) is 52.3 Å². The van der Waals surface area contributed by atoms with Gasteiger partial charge in [0.25, 0.3) is 11.8 Å². The van der Waals surface area contributed by atoms with Crippen molar-refractivity contribution in [1.29, 1.82) is 0 Å². The Morgan fingerprint density at radius 1 is 1.35 bits per heavy atom. The zero-order chi connectivity index (χ0) is 17.1. The van der Waals surface area contributed by atoms with Gasteiger partial charge in [0.1, 0.15) is 11.6 Å². The number of nitrogens with zero attached hydrogens (tertiary/aromatic N) is 2. The first-order valence-electron chi connectivity index (χ1n) is 6.72. The van der Waals surface area contributed by atoms with E-state index in [4.69, 9.17) is 17.3 Å². The summed E-state index contributed by atoms with van der Waals surface area (Å²) in [5.41, 5.74) is 4.90. The van der Waals surface area contributed by atoms with Gasteiger partial charge in [0.2, 0.25) is 0 Å². The third-order valence-electron chi connectivity index (χ3n) is 2.99. The number of anilines is 1. The summed E-state index contributed by atoms with van der Waals surface area (Å²) in [6.07, 6.45) is 1.34. The summed E-state index contributed by atoms with van der Waals surface area (Å²) < 4.78 is 13.7. The van der Waals surface area contributed by atoms with Gasteiger partial charge < -0.3 is 11.1 Å². The molecule has 0 saturated heterocycles. The summed E-state index contributed by atoms with van der Waals surface area (Å²) in [5, 5.41) is 2.55. The SMILES string of the molecule is CC(C)c1ncc(Cl)c(C(=O)Nc2ccc(C(N)=O)c(F)c2)n1. The van der Waals surface area contributed by atoms with Gasteiger partial charge >= 0.3 is 0 Å². The Hall–Kier alpha value is -2.54. The molecule has 0 spiro atoms. The molecule has 8 heteroatoms. The fourth-order valence-electron chi connectivity index (χ4n) is 1.80. The first-order valence-corrected chi connectivity index (χ1v) is 7.10. The van der Waals surface area contributed by atoms with Crippen molar-refractivity contribution in [3.63, 3.8) is 0 Å². The molecule has 0 bridgehead atoms. The number of aromatic nitrogens is 2. The van der Waals surface area contributed by atoms with Crippen LogP contribution in [0.4, 0.5) is 10.1 Å². The number of benzene rings is 1. The normalized spacial score (nSPS) is 10.7. The Balaban J connectivity index is 2.27. The summed E-state index contributed by atoms with van der Waals surface area (Å²) in [7, 11) is 0. The second-order valence-electron chi connectivity index (χ2n) is 5.09. The molecule has 0 aliphatic carbocycles. The molecule has 2 rings (SSSR count). The second kappa shape index (κ2) is 6.70. The molecule has 23 heavy (non-hydrogen) atoms. The van der Waals surface area contributed by atoms with E-state index in [1.54, 1.807) is 0 Å². The Bertz CT molecular complexity index is 780. The quantitative estimate of drug-likeness (QED) is 0.896. The number of nitrogens with two attached hydrogens (primary N) is 1. The van der Waals surface area contributed by atoms with Crippen LogP contribution in [0.2, 0.25) is 5.02 Å². The van der Waals surface area contributed by atoms with Crippen LogP contribution in [0.15, 0.2) is 24.4 Å². The lowest BCUT2D eigenvalue weighted by atomic mass is 10.1. The van der Waals surface area contributed by atoms with Gasteiger partial charge in [-0.05, 0) is 18.2 Å². The van der Waals surface area contributed by atoms with Gasteiger partial charge in [-0.2, -0.15) is 0 Å². The van der Waals surface area contributed by atoms with Crippen LogP contribution in [0.3, 0.4) is 0 Å². The zero-order valence-corrected chi connectivity index (χ0v) is 13.2. The van der Waals surface area contributed by atoms with Crippen LogP contribution in [-0.2, 0) is 0 Å². The van der Waals surface area contributed by atoms with Gasteiger partial charge in [0.05, 0.1) is 16.8 Å². The van der Waals surface area contributed by atoms with Gasteiger partial charge in [0, 0.05) is 11.6 Å². The first kappa shape index (κ1) is 16.8. The van der Waals surface area contributed by atoms with Crippen LogP contribution < -0.4 is 11.1 Å². The van der Waals surface area contributed by atoms with Crippen molar-refractivity contribution in [2.75, 3.05) is 5.32 Å². The van der Waals surface area contributed by atoms with E-state index in [9.17, 15) is 14.0 Å². The molecule has 2 amide bonds. The monoisotopic (exact) mass is 336 g/mol. The highest BCUT2D eigenvalue weighted by Gasteiger charge is 2.17. The minimum atomic E-state index is -0.888. The molecule has 0 radical (unpaired) electrons. The molecule has 0 fully saturated rings. The molecule has 0 aliphatic heterocycles. The Labute approximate surface area is 136 Å². The van der Waals surface area contributed by atoms with Crippen LogP contribution in [0.1, 0.15) is 46.4 Å². The van der Waals surface area contributed by atoms with Gasteiger partial charge in [-0.1, -0.05) is 25.4 Å². The lowest BCUT2D eigenvalue weighted by Gasteiger charge is -2.09. The highest BCUT2D eigenvalue weighted by Crippen LogP contribution is 2.19. The molecule has 1 aromatic carbocycles. The average molecular weight is 337 g/mol. The fraction of sp³-hybridized carbons (Fsp3) is 0.200. The molecule has 120 valence electrons. The van der Waals surface area contributed by atoms with Gasteiger partial charge in [-0.25, -0.2) is 14.4 Å². The Kier molecular flexibility index (Phi) is 4.90. The number of amides is 2. The molecule has 0 saturated carbocycles. The van der Waals surface area contributed by atoms with E-state index >= 15 is 0 Å². The molecule has 2 aromatic rings. The predicted molar refractivity (Wildman–Crippen MR) is 84.0 cm³/mol. The predicted octanol–water partition coefficient (Wildman–Crippen LogP) is 2.74. The average Bonchev–Trinajstić information content (AvgIpc) is 2.46. The summed E-state index contributed by atoms with van der Waals surface area (Å²) >= 11 is 5.94. The van der Waals surface area contributed by atoms with Crippen LogP contribution in [0, 0.1) is 5.82 Å². The van der Waals surface area contributed by atoms with E-state index in [-0.39, 0.29) is 27.9 Å². The lowest BCUT2D eigenvalue weighted by Crippen LogP contribution is -2.17. The van der Waals surface area contributed by atoms with E-state index in [1.807, 2.05) is 13.8 Å². The first-order chi connectivity index (χ1) is 10.8. The maximum absolute atomic E-state index is 13.7. The highest BCUT2D eigenvalue weighted by molar-refractivity contribution is 6.33. The third-order valence-corrected chi connectivity index (χ3v) is 3.26. The van der Waals surface area contributed by atoms with E-state index < -0.39 is 17.6 Å². The molecule has 3 N–H and O–H groups in total. The number of rotatable bonds is 4. The smallest absolute Gasteiger partial charge is 0.275 e. The van der Waals surface area contributed by atoms with E-state index in [1.165, 1.54) is 18.3 Å². The van der Waals surface area contributed by atoms with Gasteiger partial charge in [-0.3, -0.25) is 9.59 Å². The molecular formula is C15H14ClFN4O2. The number of primary amides is 1. The minimum absolute atomic E-state index is 0.00949. The van der Waals surface area contributed by atoms with Crippen LogP contribution in [0.5, 0.6) is 0 Å². The lowest BCUT2D eigenvalue weighted by molar-refractivity contribution is 0.0994. The fourth-order valence-corrected chi connectivity index (χ4v) is 1.98. The number of halogens is 2. The maximum Gasteiger partial charge on any atom is 0.275 e. The zero-order valence-electron chi connectivity index (χ0n) is 12.4. The standard InChI is InChI=1S/C15H14ClFN4O2/c1-7(2)14-19-6-10(16)12(21-14)15(23)20-8-3-4-9(13(18)22)11(17)5-8/h3-7H,1-2H3,(H2,18,22)(H,20,23). The minimum Gasteiger partial charge on any atom is -0.366 e. The number of hydrogen-bond acceptors (Lipinski definition) is 4. The molecule has 0 unspecified atom stereocenters.